The van der Waals surface area contributed by atoms with E-state index in [9.17, 15) is 9.59 Å². The van der Waals surface area contributed by atoms with Crippen LogP contribution in [0.5, 0.6) is 0 Å². The third kappa shape index (κ3) is 4.95. The van der Waals surface area contributed by atoms with Crippen LogP contribution in [0.15, 0.2) is 11.8 Å². The summed E-state index contributed by atoms with van der Waals surface area (Å²) in [5.41, 5.74) is 0.639. The Labute approximate surface area is 125 Å². The minimum Gasteiger partial charge on any atom is -0.444 e. The summed E-state index contributed by atoms with van der Waals surface area (Å²) >= 11 is 0. The molecule has 0 bridgehead atoms. The summed E-state index contributed by atoms with van der Waals surface area (Å²) in [5, 5.41) is 5.71. The second kappa shape index (κ2) is 6.37. The highest BCUT2D eigenvalue weighted by atomic mass is 16.6. The Balaban J connectivity index is 1.78. The van der Waals surface area contributed by atoms with Gasteiger partial charge in [-0.2, -0.15) is 0 Å². The molecule has 2 heterocycles. The van der Waals surface area contributed by atoms with Crippen LogP contribution in [0.25, 0.3) is 0 Å². The van der Waals surface area contributed by atoms with Crippen molar-refractivity contribution in [2.75, 3.05) is 19.6 Å². The number of alkyl carbamates (subject to hydrolysis) is 1. The normalized spacial score (nSPS) is 20.6. The smallest absolute Gasteiger partial charge is 0.407 e. The van der Waals surface area contributed by atoms with E-state index in [0.29, 0.717) is 6.54 Å². The Morgan fingerprint density at radius 3 is 2.62 bits per heavy atom. The summed E-state index contributed by atoms with van der Waals surface area (Å²) in [6.07, 6.45) is 3.97. The van der Waals surface area contributed by atoms with E-state index < -0.39 is 5.60 Å². The molecule has 0 radical (unpaired) electrons. The Kier molecular flexibility index (Phi) is 4.75. The SMILES string of the molecule is CC(C)(C)OC(=O)NC1CCN(C2=CC(=O)NCC2)CC1. The number of amides is 2. The van der Waals surface area contributed by atoms with Gasteiger partial charge < -0.3 is 20.3 Å². The van der Waals surface area contributed by atoms with E-state index in [-0.39, 0.29) is 18.0 Å². The molecule has 0 unspecified atom stereocenters. The van der Waals surface area contributed by atoms with Crippen LogP contribution in [0, 0.1) is 0 Å². The maximum atomic E-state index is 11.7. The van der Waals surface area contributed by atoms with Crippen molar-refractivity contribution in [3.8, 4) is 0 Å². The maximum absolute atomic E-state index is 11.7. The topological polar surface area (TPSA) is 70.7 Å². The van der Waals surface area contributed by atoms with Gasteiger partial charge in [0.05, 0.1) is 0 Å². The largest absolute Gasteiger partial charge is 0.444 e. The van der Waals surface area contributed by atoms with Crippen molar-refractivity contribution in [3.05, 3.63) is 11.8 Å². The molecule has 2 amide bonds. The van der Waals surface area contributed by atoms with Crippen molar-refractivity contribution in [1.82, 2.24) is 15.5 Å². The van der Waals surface area contributed by atoms with Crippen molar-refractivity contribution in [2.24, 2.45) is 0 Å². The molecule has 118 valence electrons. The first-order chi connectivity index (χ1) is 9.83. The Bertz CT molecular complexity index is 432. The molecule has 1 saturated heterocycles. The lowest BCUT2D eigenvalue weighted by molar-refractivity contribution is -0.117. The molecule has 21 heavy (non-hydrogen) atoms. The van der Waals surface area contributed by atoms with E-state index in [1.165, 1.54) is 0 Å². The molecule has 6 nitrogen and oxygen atoms in total. The molecule has 0 aliphatic carbocycles. The van der Waals surface area contributed by atoms with E-state index in [0.717, 1.165) is 38.0 Å². The first kappa shape index (κ1) is 15.7. The van der Waals surface area contributed by atoms with Gasteiger partial charge in [-0.3, -0.25) is 4.79 Å². The molecule has 1 fully saturated rings. The van der Waals surface area contributed by atoms with Gasteiger partial charge in [-0.1, -0.05) is 0 Å². The van der Waals surface area contributed by atoms with Gasteiger partial charge in [0.25, 0.3) is 0 Å². The van der Waals surface area contributed by atoms with Crippen LogP contribution >= 0.6 is 0 Å². The van der Waals surface area contributed by atoms with Gasteiger partial charge in [-0.25, -0.2) is 4.79 Å². The van der Waals surface area contributed by atoms with E-state index in [2.05, 4.69) is 15.5 Å². The van der Waals surface area contributed by atoms with Gasteiger partial charge in [0.2, 0.25) is 5.91 Å². The van der Waals surface area contributed by atoms with Gasteiger partial charge in [0, 0.05) is 43.9 Å². The monoisotopic (exact) mass is 295 g/mol. The van der Waals surface area contributed by atoms with Crippen molar-refractivity contribution >= 4 is 12.0 Å². The number of hydrogen-bond donors (Lipinski definition) is 2. The standard InChI is InChI=1S/C15H25N3O3/c1-15(2,3)21-14(20)17-11-5-8-18(9-6-11)12-4-7-16-13(19)10-12/h10-11H,4-9H2,1-3H3,(H,16,19)(H,17,20). The number of nitrogens with one attached hydrogen (secondary N) is 2. The number of piperidine rings is 1. The molecule has 0 spiro atoms. The lowest BCUT2D eigenvalue weighted by Crippen LogP contribution is -2.46. The fourth-order valence-electron chi connectivity index (χ4n) is 2.62. The number of carbonyl (C=O) groups is 2. The first-order valence-corrected chi connectivity index (χ1v) is 7.56. The highest BCUT2D eigenvalue weighted by Gasteiger charge is 2.25. The average Bonchev–Trinajstić information content (AvgIpc) is 2.37. The molecular formula is C15H25N3O3. The van der Waals surface area contributed by atoms with Crippen molar-refractivity contribution in [2.45, 2.75) is 51.7 Å². The molecule has 0 aromatic heterocycles. The predicted octanol–water partition coefficient (Wildman–Crippen LogP) is 1.38. The number of hydrogen-bond acceptors (Lipinski definition) is 4. The molecule has 2 aliphatic rings. The average molecular weight is 295 g/mol. The molecule has 2 rings (SSSR count). The summed E-state index contributed by atoms with van der Waals surface area (Å²) in [6, 6.07) is 0.147. The van der Waals surface area contributed by atoms with Gasteiger partial charge in [0.1, 0.15) is 5.60 Å². The van der Waals surface area contributed by atoms with Crippen molar-refractivity contribution in [3.63, 3.8) is 0 Å². The number of nitrogens with zero attached hydrogens (tertiary/aromatic N) is 1. The molecule has 2 aliphatic heterocycles. The van der Waals surface area contributed by atoms with Gasteiger partial charge in [-0.05, 0) is 33.6 Å². The van der Waals surface area contributed by atoms with Crippen molar-refractivity contribution in [1.29, 1.82) is 0 Å². The number of carbonyl (C=O) groups excluding carboxylic acids is 2. The molecule has 0 aromatic rings. The van der Waals surface area contributed by atoms with Crippen LogP contribution in [0.3, 0.4) is 0 Å². The molecule has 6 heteroatoms. The zero-order valence-electron chi connectivity index (χ0n) is 13.1. The van der Waals surface area contributed by atoms with E-state index in [1.807, 2.05) is 20.8 Å². The Morgan fingerprint density at radius 1 is 1.38 bits per heavy atom. The summed E-state index contributed by atoms with van der Waals surface area (Å²) in [5.74, 6) is -0.00902. The fraction of sp³-hybridized carbons (Fsp3) is 0.733. The first-order valence-electron chi connectivity index (χ1n) is 7.56. The summed E-state index contributed by atoms with van der Waals surface area (Å²) < 4.78 is 5.27. The zero-order valence-corrected chi connectivity index (χ0v) is 13.1. The lowest BCUT2D eigenvalue weighted by Gasteiger charge is -2.36. The van der Waals surface area contributed by atoms with Gasteiger partial charge in [-0.15, -0.1) is 0 Å². The lowest BCUT2D eigenvalue weighted by atomic mass is 10.0. The quantitative estimate of drug-likeness (QED) is 0.807. The summed E-state index contributed by atoms with van der Waals surface area (Å²) in [4.78, 5) is 25.4. The summed E-state index contributed by atoms with van der Waals surface area (Å²) in [7, 11) is 0. The second-order valence-electron chi connectivity index (χ2n) is 6.58. The minimum atomic E-state index is -0.467. The molecular weight excluding hydrogens is 270 g/mol. The van der Waals surface area contributed by atoms with Crippen LogP contribution in [-0.4, -0.2) is 48.2 Å². The van der Waals surface area contributed by atoms with E-state index in [1.54, 1.807) is 6.08 Å². The molecule has 0 saturated carbocycles. The molecule has 0 aromatic carbocycles. The minimum absolute atomic E-state index is 0.00902. The number of likely N-dealkylation sites (tertiary alicyclic amines) is 1. The second-order valence-corrected chi connectivity index (χ2v) is 6.58. The van der Waals surface area contributed by atoms with Crippen LogP contribution in [0.4, 0.5) is 4.79 Å². The third-order valence-corrected chi connectivity index (χ3v) is 3.60. The van der Waals surface area contributed by atoms with Crippen molar-refractivity contribution < 1.29 is 14.3 Å². The van der Waals surface area contributed by atoms with Gasteiger partial charge in [0.15, 0.2) is 0 Å². The molecule has 2 N–H and O–H groups in total. The highest BCUT2D eigenvalue weighted by molar-refractivity contribution is 5.88. The van der Waals surface area contributed by atoms with Crippen LogP contribution in [-0.2, 0) is 9.53 Å². The number of rotatable bonds is 2. The zero-order chi connectivity index (χ0) is 15.5. The van der Waals surface area contributed by atoms with Crippen LogP contribution in [0.2, 0.25) is 0 Å². The van der Waals surface area contributed by atoms with E-state index >= 15 is 0 Å². The predicted molar refractivity (Wildman–Crippen MR) is 79.7 cm³/mol. The maximum Gasteiger partial charge on any atom is 0.407 e. The fourth-order valence-corrected chi connectivity index (χ4v) is 2.62. The van der Waals surface area contributed by atoms with Crippen LogP contribution < -0.4 is 10.6 Å². The molecule has 0 atom stereocenters. The van der Waals surface area contributed by atoms with Crippen LogP contribution in [0.1, 0.15) is 40.0 Å². The van der Waals surface area contributed by atoms with Gasteiger partial charge >= 0.3 is 6.09 Å². The van der Waals surface area contributed by atoms with E-state index in [4.69, 9.17) is 4.74 Å². The third-order valence-electron chi connectivity index (χ3n) is 3.60. The Morgan fingerprint density at radius 2 is 2.05 bits per heavy atom. The Hall–Kier alpha value is -1.72. The summed E-state index contributed by atoms with van der Waals surface area (Å²) in [6.45, 7) is 8.00. The number of ether oxygens (including phenoxy) is 1. The highest BCUT2D eigenvalue weighted by Crippen LogP contribution is 2.19.